The zero-order valence-electron chi connectivity index (χ0n) is 18.5. The summed E-state index contributed by atoms with van der Waals surface area (Å²) in [5, 5.41) is -0.324. The van der Waals surface area contributed by atoms with Crippen molar-refractivity contribution in [2.45, 2.75) is 20.1 Å². The summed E-state index contributed by atoms with van der Waals surface area (Å²) in [6, 6.07) is 17.5. The highest BCUT2D eigenvalue weighted by Crippen LogP contribution is 2.36. The molecule has 0 N–H and O–H groups in total. The molecule has 8 heteroatoms. The predicted octanol–water partition coefficient (Wildman–Crippen LogP) is 6.61. The van der Waals surface area contributed by atoms with Gasteiger partial charge in [0.15, 0.2) is 11.5 Å². The van der Waals surface area contributed by atoms with Crippen molar-refractivity contribution < 1.29 is 23.5 Å². The van der Waals surface area contributed by atoms with Crippen molar-refractivity contribution in [2.24, 2.45) is 0 Å². The maximum absolute atomic E-state index is 14.1. The second-order valence-electron chi connectivity index (χ2n) is 7.65. The third-order valence-electron chi connectivity index (χ3n) is 5.25. The molecule has 0 radical (unpaired) electrons. The molecule has 0 aromatic heterocycles. The van der Waals surface area contributed by atoms with Gasteiger partial charge < -0.3 is 9.47 Å². The van der Waals surface area contributed by atoms with Crippen LogP contribution in [0.3, 0.4) is 0 Å². The first-order valence-corrected chi connectivity index (χ1v) is 11.6. The number of nitrogens with zero attached hydrogens (tertiary/aromatic N) is 1. The molecule has 0 unspecified atom stereocenters. The van der Waals surface area contributed by atoms with Crippen molar-refractivity contribution >= 4 is 40.6 Å². The van der Waals surface area contributed by atoms with Crippen LogP contribution in [0.1, 0.15) is 22.3 Å². The molecule has 1 aliphatic heterocycles. The van der Waals surface area contributed by atoms with Gasteiger partial charge in [-0.2, -0.15) is 0 Å². The molecule has 1 aliphatic rings. The molecular formula is C26H21ClFNO4S. The quantitative estimate of drug-likeness (QED) is 0.344. The van der Waals surface area contributed by atoms with Gasteiger partial charge in [-0.05, 0) is 60.2 Å². The summed E-state index contributed by atoms with van der Waals surface area (Å²) < 4.78 is 25.5. The predicted molar refractivity (Wildman–Crippen MR) is 131 cm³/mol. The Bertz CT molecular complexity index is 1260. The average Bonchev–Trinajstić information content (AvgIpc) is 3.08. The van der Waals surface area contributed by atoms with Gasteiger partial charge in [0.1, 0.15) is 12.4 Å². The Morgan fingerprint density at radius 2 is 1.82 bits per heavy atom. The Kier molecular flexibility index (Phi) is 7.24. The number of benzene rings is 3. The molecule has 0 aliphatic carbocycles. The minimum atomic E-state index is -0.568. The Labute approximate surface area is 206 Å². The van der Waals surface area contributed by atoms with Gasteiger partial charge >= 0.3 is 0 Å². The lowest BCUT2D eigenvalue weighted by Crippen LogP contribution is -2.28. The van der Waals surface area contributed by atoms with Crippen LogP contribution in [0.2, 0.25) is 5.02 Å². The van der Waals surface area contributed by atoms with E-state index in [-0.39, 0.29) is 22.0 Å². The average molecular weight is 498 g/mol. The van der Waals surface area contributed by atoms with E-state index in [9.17, 15) is 14.0 Å². The number of carbonyl (C=O) groups excluding carboxylic acids is 2. The van der Waals surface area contributed by atoms with Gasteiger partial charge in [0.25, 0.3) is 11.1 Å². The first-order valence-electron chi connectivity index (χ1n) is 10.4. The normalized spacial score (nSPS) is 14.7. The van der Waals surface area contributed by atoms with Gasteiger partial charge in [-0.15, -0.1) is 0 Å². The van der Waals surface area contributed by atoms with Crippen molar-refractivity contribution in [3.63, 3.8) is 0 Å². The van der Waals surface area contributed by atoms with Crippen LogP contribution < -0.4 is 9.47 Å². The largest absolute Gasteiger partial charge is 0.493 e. The number of imide groups is 1. The fourth-order valence-electron chi connectivity index (χ4n) is 3.37. The molecular weight excluding hydrogens is 477 g/mol. The Hall–Kier alpha value is -3.29. The zero-order valence-corrected chi connectivity index (χ0v) is 20.1. The van der Waals surface area contributed by atoms with Crippen molar-refractivity contribution in [1.82, 2.24) is 4.90 Å². The number of ether oxygens (including phenoxy) is 2. The lowest BCUT2D eigenvalue weighted by molar-refractivity contribution is -0.123. The van der Waals surface area contributed by atoms with E-state index in [1.165, 1.54) is 30.9 Å². The van der Waals surface area contributed by atoms with Crippen LogP contribution in [0.15, 0.2) is 65.6 Å². The Balaban J connectivity index is 1.50. The third kappa shape index (κ3) is 5.26. The zero-order chi connectivity index (χ0) is 24.2. The van der Waals surface area contributed by atoms with Gasteiger partial charge in [-0.1, -0.05) is 53.6 Å². The van der Waals surface area contributed by atoms with E-state index in [1.807, 2.05) is 31.2 Å². The maximum Gasteiger partial charge on any atom is 0.293 e. The summed E-state index contributed by atoms with van der Waals surface area (Å²) in [4.78, 5) is 26.5. The molecule has 1 saturated heterocycles. The van der Waals surface area contributed by atoms with Crippen LogP contribution in [0.5, 0.6) is 11.5 Å². The van der Waals surface area contributed by atoms with Gasteiger partial charge in [-0.3, -0.25) is 14.5 Å². The molecule has 5 nitrogen and oxygen atoms in total. The molecule has 1 fully saturated rings. The van der Waals surface area contributed by atoms with E-state index < -0.39 is 17.0 Å². The molecule has 0 spiro atoms. The minimum Gasteiger partial charge on any atom is -0.493 e. The van der Waals surface area contributed by atoms with E-state index in [0.717, 1.165) is 22.2 Å². The molecule has 174 valence electrons. The lowest BCUT2D eigenvalue weighted by Gasteiger charge is -2.14. The van der Waals surface area contributed by atoms with E-state index in [1.54, 1.807) is 24.3 Å². The van der Waals surface area contributed by atoms with Crippen LogP contribution in [-0.4, -0.2) is 23.2 Å². The number of hydrogen-bond donors (Lipinski definition) is 0. The summed E-state index contributed by atoms with van der Waals surface area (Å²) in [6.07, 6.45) is 1.60. The second-order valence-corrected chi connectivity index (χ2v) is 9.05. The van der Waals surface area contributed by atoms with Crippen LogP contribution in [0.25, 0.3) is 6.08 Å². The molecule has 3 aromatic rings. The van der Waals surface area contributed by atoms with E-state index in [0.29, 0.717) is 23.7 Å². The van der Waals surface area contributed by atoms with Gasteiger partial charge in [0.05, 0.1) is 18.6 Å². The van der Waals surface area contributed by atoms with Crippen LogP contribution >= 0.6 is 23.4 Å². The Morgan fingerprint density at radius 1 is 1.06 bits per heavy atom. The Morgan fingerprint density at radius 3 is 2.53 bits per heavy atom. The molecule has 3 aromatic carbocycles. The van der Waals surface area contributed by atoms with Crippen molar-refractivity contribution in [1.29, 1.82) is 0 Å². The highest BCUT2D eigenvalue weighted by molar-refractivity contribution is 8.18. The fraction of sp³-hybridized carbons (Fsp3) is 0.154. The molecule has 34 heavy (non-hydrogen) atoms. The van der Waals surface area contributed by atoms with Gasteiger partial charge in [-0.25, -0.2) is 4.39 Å². The third-order valence-corrected chi connectivity index (χ3v) is 6.51. The van der Waals surface area contributed by atoms with E-state index in [2.05, 4.69) is 0 Å². The number of methoxy groups -OCH3 is 1. The standard InChI is InChI=1S/C26H21ClFNO4S/c1-16-6-8-17(9-7-16)15-33-22-11-10-18(12-23(22)32-2)13-24-25(30)29(26(31)34-24)14-19-20(27)4-3-5-21(19)28/h3-13H,14-15H2,1-2H3/b24-13+. The number of hydrogen-bond acceptors (Lipinski definition) is 5. The number of halogens is 2. The van der Waals surface area contributed by atoms with Gasteiger partial charge in [0, 0.05) is 10.6 Å². The SMILES string of the molecule is COc1cc(/C=C2/SC(=O)N(Cc3c(F)cccc3Cl)C2=O)ccc1OCc1ccc(C)cc1. The topological polar surface area (TPSA) is 55.8 Å². The fourth-order valence-corrected chi connectivity index (χ4v) is 4.43. The number of carbonyl (C=O) groups is 2. The maximum atomic E-state index is 14.1. The summed E-state index contributed by atoms with van der Waals surface area (Å²) >= 11 is 6.85. The molecule has 4 rings (SSSR count). The van der Waals surface area contributed by atoms with Crippen molar-refractivity contribution in [3.8, 4) is 11.5 Å². The molecule has 2 amide bonds. The number of aryl methyl sites for hydroxylation is 1. The molecule has 1 heterocycles. The van der Waals surface area contributed by atoms with Crippen LogP contribution in [0, 0.1) is 12.7 Å². The first kappa shape index (κ1) is 23.9. The molecule has 0 saturated carbocycles. The number of rotatable bonds is 7. The van der Waals surface area contributed by atoms with Crippen molar-refractivity contribution in [3.05, 3.63) is 98.7 Å². The van der Waals surface area contributed by atoms with Gasteiger partial charge in [0.2, 0.25) is 0 Å². The molecule has 0 bridgehead atoms. The van der Waals surface area contributed by atoms with Crippen LogP contribution in [0.4, 0.5) is 9.18 Å². The number of amides is 2. The highest BCUT2D eigenvalue weighted by Gasteiger charge is 2.36. The summed E-state index contributed by atoms with van der Waals surface area (Å²) in [7, 11) is 1.53. The van der Waals surface area contributed by atoms with E-state index in [4.69, 9.17) is 21.1 Å². The van der Waals surface area contributed by atoms with E-state index >= 15 is 0 Å². The minimum absolute atomic E-state index is 0.101. The molecule has 0 atom stereocenters. The summed E-state index contributed by atoms with van der Waals surface area (Å²) in [6.45, 7) is 2.17. The monoisotopic (exact) mass is 497 g/mol. The lowest BCUT2D eigenvalue weighted by atomic mass is 10.1. The second kappa shape index (κ2) is 10.3. The summed E-state index contributed by atoms with van der Waals surface area (Å²) in [5.74, 6) is -0.0183. The number of thioether (sulfide) groups is 1. The first-order chi connectivity index (χ1) is 16.4. The van der Waals surface area contributed by atoms with Crippen molar-refractivity contribution in [2.75, 3.05) is 7.11 Å². The highest BCUT2D eigenvalue weighted by atomic mass is 35.5. The van der Waals surface area contributed by atoms with Crippen LogP contribution in [-0.2, 0) is 17.9 Å². The summed E-state index contributed by atoms with van der Waals surface area (Å²) in [5.41, 5.74) is 2.96. The smallest absolute Gasteiger partial charge is 0.293 e.